The average molecular weight is 321 g/mol. The van der Waals surface area contributed by atoms with Gasteiger partial charge < -0.3 is 20.1 Å². The van der Waals surface area contributed by atoms with Crippen molar-refractivity contribution in [2.45, 2.75) is 6.36 Å². The van der Waals surface area contributed by atoms with Gasteiger partial charge in [0.15, 0.2) is 0 Å². The van der Waals surface area contributed by atoms with E-state index in [1.54, 1.807) is 12.1 Å². The van der Waals surface area contributed by atoms with E-state index in [1.807, 2.05) is 0 Å². The van der Waals surface area contributed by atoms with E-state index in [2.05, 4.69) is 20.0 Å². The van der Waals surface area contributed by atoms with Crippen LogP contribution in [0.4, 0.5) is 24.8 Å². The molecule has 118 valence electrons. The second-order valence-corrected chi connectivity index (χ2v) is 4.94. The molecular formula is C14H11BF3N3O2. The molecule has 3 rings (SSSR count). The van der Waals surface area contributed by atoms with Gasteiger partial charge in [-0.3, -0.25) is 0 Å². The zero-order valence-corrected chi connectivity index (χ0v) is 11.9. The highest BCUT2D eigenvalue weighted by Gasteiger charge is 2.31. The van der Waals surface area contributed by atoms with Crippen LogP contribution in [0.15, 0.2) is 36.4 Å². The summed E-state index contributed by atoms with van der Waals surface area (Å²) < 4.78 is 41.1. The van der Waals surface area contributed by atoms with Gasteiger partial charge in [-0.15, -0.1) is 13.2 Å². The highest BCUT2D eigenvalue weighted by molar-refractivity contribution is 6.35. The number of hydrogen-bond acceptors (Lipinski definition) is 4. The van der Waals surface area contributed by atoms with Crippen LogP contribution in [-0.4, -0.2) is 29.3 Å². The van der Waals surface area contributed by atoms with Crippen LogP contribution in [0.2, 0.25) is 0 Å². The minimum atomic E-state index is -4.75. The number of H-pyrrole nitrogens is 1. The highest BCUT2D eigenvalue weighted by Crippen LogP contribution is 2.26. The molecule has 1 heterocycles. The Bertz CT molecular complexity index is 864. The Kier molecular flexibility index (Phi) is 3.55. The molecule has 0 atom stereocenters. The first-order valence-corrected chi connectivity index (χ1v) is 6.62. The molecule has 0 radical (unpaired) electrons. The van der Waals surface area contributed by atoms with E-state index in [0.717, 1.165) is 0 Å². The smallest absolute Gasteiger partial charge is 0.508 e. The van der Waals surface area contributed by atoms with Gasteiger partial charge in [-0.2, -0.15) is 0 Å². The zero-order chi connectivity index (χ0) is 16.6. The number of phenolic OH excluding ortho intramolecular Hbond substituents is 1. The van der Waals surface area contributed by atoms with Crippen LogP contribution >= 0.6 is 0 Å². The number of nitrogens with one attached hydrogen (secondary N) is 2. The normalized spacial score (nSPS) is 11.6. The van der Waals surface area contributed by atoms with E-state index >= 15 is 0 Å². The van der Waals surface area contributed by atoms with E-state index in [9.17, 15) is 18.3 Å². The van der Waals surface area contributed by atoms with Crippen LogP contribution in [-0.2, 0) is 0 Å². The largest absolute Gasteiger partial charge is 0.573 e. The summed E-state index contributed by atoms with van der Waals surface area (Å²) in [6, 6.07) is 9.14. The summed E-state index contributed by atoms with van der Waals surface area (Å²) in [6.07, 6.45) is -4.75. The first kappa shape index (κ1) is 15.1. The van der Waals surface area contributed by atoms with Crippen LogP contribution in [0.5, 0.6) is 11.5 Å². The SMILES string of the molecule is Bc1cc2nc(Nc3cccc(O)c3)[nH]c2cc1OC(F)(F)F. The predicted octanol–water partition coefficient (Wildman–Crippen LogP) is 2.17. The topological polar surface area (TPSA) is 70.2 Å². The maximum Gasteiger partial charge on any atom is 0.573 e. The summed E-state index contributed by atoms with van der Waals surface area (Å²) in [5.41, 5.74) is 1.81. The Morgan fingerprint density at radius 3 is 2.70 bits per heavy atom. The van der Waals surface area contributed by atoms with Crippen LogP contribution in [0.1, 0.15) is 0 Å². The van der Waals surface area contributed by atoms with E-state index in [0.29, 0.717) is 28.1 Å². The lowest BCUT2D eigenvalue weighted by Gasteiger charge is -2.11. The number of aromatic amines is 1. The Morgan fingerprint density at radius 1 is 1.22 bits per heavy atom. The van der Waals surface area contributed by atoms with Gasteiger partial charge in [-0.25, -0.2) is 4.98 Å². The minimum Gasteiger partial charge on any atom is -0.508 e. The number of nitrogens with zero attached hydrogens (tertiary/aromatic N) is 1. The first-order chi connectivity index (χ1) is 10.8. The fourth-order valence-corrected chi connectivity index (χ4v) is 2.16. The lowest BCUT2D eigenvalue weighted by molar-refractivity contribution is -0.274. The average Bonchev–Trinajstić information content (AvgIpc) is 2.78. The Balaban J connectivity index is 1.92. The van der Waals surface area contributed by atoms with Gasteiger partial charge in [0.05, 0.1) is 11.0 Å². The highest BCUT2D eigenvalue weighted by atomic mass is 19.4. The summed E-state index contributed by atoms with van der Waals surface area (Å²) in [5, 5.41) is 12.3. The molecular weight excluding hydrogens is 310 g/mol. The standard InChI is InChI=1S/C14H11BF3N3O2/c15-9-5-10-11(6-12(9)23-14(16,17)18)21-13(20-10)19-7-2-1-3-8(22)4-7/h1-6,22H,15H2,(H2,19,20,21). The number of anilines is 2. The summed E-state index contributed by atoms with van der Waals surface area (Å²) >= 11 is 0. The third-order valence-corrected chi connectivity index (χ3v) is 3.11. The van der Waals surface area contributed by atoms with Gasteiger partial charge >= 0.3 is 6.36 Å². The predicted molar refractivity (Wildman–Crippen MR) is 82.3 cm³/mol. The number of ether oxygens (including phenoxy) is 1. The number of imidazole rings is 1. The third-order valence-electron chi connectivity index (χ3n) is 3.11. The zero-order valence-electron chi connectivity index (χ0n) is 11.9. The number of fused-ring (bicyclic) bond motifs is 1. The lowest BCUT2D eigenvalue weighted by Crippen LogP contribution is -2.21. The number of hydrogen-bond donors (Lipinski definition) is 3. The van der Waals surface area contributed by atoms with Gasteiger partial charge in [0, 0.05) is 17.8 Å². The molecule has 5 nitrogen and oxygen atoms in total. The quantitative estimate of drug-likeness (QED) is 0.647. The third kappa shape index (κ3) is 3.50. The maximum absolute atomic E-state index is 12.4. The number of rotatable bonds is 3. The van der Waals surface area contributed by atoms with Crippen molar-refractivity contribution in [1.82, 2.24) is 9.97 Å². The van der Waals surface area contributed by atoms with Crippen molar-refractivity contribution in [3.63, 3.8) is 0 Å². The van der Waals surface area contributed by atoms with Crippen molar-refractivity contribution in [1.29, 1.82) is 0 Å². The van der Waals surface area contributed by atoms with Crippen molar-refractivity contribution in [3.8, 4) is 11.5 Å². The van der Waals surface area contributed by atoms with E-state index in [1.165, 1.54) is 32.1 Å². The lowest BCUT2D eigenvalue weighted by atomic mass is 9.94. The van der Waals surface area contributed by atoms with Gasteiger partial charge in [-0.1, -0.05) is 6.07 Å². The van der Waals surface area contributed by atoms with E-state index < -0.39 is 6.36 Å². The fraction of sp³-hybridized carbons (Fsp3) is 0.0714. The molecule has 9 heteroatoms. The second kappa shape index (κ2) is 5.42. The molecule has 0 spiro atoms. The molecule has 23 heavy (non-hydrogen) atoms. The summed E-state index contributed by atoms with van der Waals surface area (Å²) in [7, 11) is 1.51. The molecule has 0 amide bonds. The molecule has 0 aliphatic carbocycles. The van der Waals surface area contributed by atoms with Gasteiger partial charge in [0.2, 0.25) is 5.95 Å². The van der Waals surface area contributed by atoms with Crippen LogP contribution in [0.25, 0.3) is 11.0 Å². The molecule has 0 fully saturated rings. The van der Waals surface area contributed by atoms with Crippen LogP contribution in [0.3, 0.4) is 0 Å². The Hall–Kier alpha value is -2.84. The molecule has 0 bridgehead atoms. The first-order valence-electron chi connectivity index (χ1n) is 6.62. The molecule has 0 aliphatic heterocycles. The molecule has 0 aliphatic rings. The Labute approximate surface area is 129 Å². The second-order valence-electron chi connectivity index (χ2n) is 4.94. The number of halogens is 3. The van der Waals surface area contributed by atoms with Crippen molar-refractivity contribution in [2.24, 2.45) is 0 Å². The molecule has 3 N–H and O–H groups in total. The summed E-state index contributed by atoms with van der Waals surface area (Å²) in [5.74, 6) is 0.148. The summed E-state index contributed by atoms with van der Waals surface area (Å²) in [6.45, 7) is 0. The number of aromatic nitrogens is 2. The number of benzene rings is 2. The summed E-state index contributed by atoms with van der Waals surface area (Å²) in [4.78, 5) is 7.12. The fourth-order valence-electron chi connectivity index (χ4n) is 2.16. The number of alkyl halides is 3. The van der Waals surface area contributed by atoms with Crippen LogP contribution < -0.4 is 15.5 Å². The van der Waals surface area contributed by atoms with Crippen molar-refractivity contribution < 1.29 is 23.0 Å². The molecule has 0 saturated heterocycles. The van der Waals surface area contributed by atoms with Crippen molar-refractivity contribution in [2.75, 3.05) is 5.32 Å². The van der Waals surface area contributed by atoms with Gasteiger partial charge in [0.25, 0.3) is 0 Å². The van der Waals surface area contributed by atoms with E-state index in [4.69, 9.17) is 0 Å². The number of phenols is 1. The monoisotopic (exact) mass is 321 g/mol. The van der Waals surface area contributed by atoms with Gasteiger partial charge in [-0.05, 0) is 23.7 Å². The van der Waals surface area contributed by atoms with Crippen molar-refractivity contribution >= 4 is 36.0 Å². The van der Waals surface area contributed by atoms with E-state index in [-0.39, 0.29) is 11.5 Å². The minimum absolute atomic E-state index is 0.0859. The Morgan fingerprint density at radius 2 is 2.00 bits per heavy atom. The van der Waals surface area contributed by atoms with Crippen molar-refractivity contribution in [3.05, 3.63) is 36.4 Å². The molecule has 3 aromatic rings. The molecule has 0 saturated carbocycles. The molecule has 0 unspecified atom stereocenters. The number of aromatic hydroxyl groups is 1. The molecule has 1 aromatic heterocycles. The maximum atomic E-state index is 12.4. The van der Waals surface area contributed by atoms with Crippen LogP contribution in [0, 0.1) is 0 Å². The van der Waals surface area contributed by atoms with Gasteiger partial charge in [0.1, 0.15) is 19.3 Å². The molecule has 2 aromatic carbocycles.